The molecule has 1 aromatic rings. The number of hydrogen-bond acceptors (Lipinski definition) is 2. The number of nitrogens with two attached hydrogens (primary N) is 1. The Bertz CT molecular complexity index is 417. The molecular formula is C13H16N2O2. The van der Waals surface area contributed by atoms with Gasteiger partial charge in [-0.3, -0.25) is 9.59 Å². The summed E-state index contributed by atoms with van der Waals surface area (Å²) in [6, 6.07) is 9.76. The van der Waals surface area contributed by atoms with Crippen LogP contribution in [0.4, 0.5) is 0 Å². The van der Waals surface area contributed by atoms with Crippen LogP contribution in [0.3, 0.4) is 0 Å². The van der Waals surface area contributed by atoms with Gasteiger partial charge >= 0.3 is 0 Å². The van der Waals surface area contributed by atoms with Crippen LogP contribution in [0.15, 0.2) is 30.3 Å². The van der Waals surface area contributed by atoms with Gasteiger partial charge in [0.1, 0.15) is 5.92 Å². The number of piperidine rings is 1. The number of amides is 2. The number of nitrogens with zero attached hydrogens (tertiary/aromatic N) is 1. The van der Waals surface area contributed by atoms with E-state index in [9.17, 15) is 9.59 Å². The Hall–Kier alpha value is -1.84. The fraction of sp³-hybridized carbons (Fsp3) is 0.385. The Morgan fingerprint density at radius 1 is 1.35 bits per heavy atom. The van der Waals surface area contributed by atoms with E-state index in [1.54, 1.807) is 4.90 Å². The fourth-order valence-electron chi connectivity index (χ4n) is 2.17. The summed E-state index contributed by atoms with van der Waals surface area (Å²) < 4.78 is 0. The molecule has 0 saturated carbocycles. The van der Waals surface area contributed by atoms with Crippen molar-refractivity contribution in [2.24, 2.45) is 11.7 Å². The zero-order valence-electron chi connectivity index (χ0n) is 9.63. The highest BCUT2D eigenvalue weighted by atomic mass is 16.2. The maximum absolute atomic E-state index is 12.0. The van der Waals surface area contributed by atoms with Gasteiger partial charge in [-0.05, 0) is 18.4 Å². The van der Waals surface area contributed by atoms with E-state index in [2.05, 4.69) is 0 Å². The first-order valence-electron chi connectivity index (χ1n) is 5.80. The molecule has 90 valence electrons. The summed E-state index contributed by atoms with van der Waals surface area (Å²) in [7, 11) is 0. The number of benzene rings is 1. The van der Waals surface area contributed by atoms with Crippen molar-refractivity contribution in [3.8, 4) is 0 Å². The molecule has 1 aliphatic rings. The Labute approximate surface area is 100 Å². The second kappa shape index (κ2) is 4.99. The van der Waals surface area contributed by atoms with E-state index >= 15 is 0 Å². The molecule has 1 heterocycles. The van der Waals surface area contributed by atoms with Crippen molar-refractivity contribution < 1.29 is 9.59 Å². The summed E-state index contributed by atoms with van der Waals surface area (Å²) in [5, 5.41) is 0. The van der Waals surface area contributed by atoms with Crippen LogP contribution in [0, 0.1) is 5.92 Å². The lowest BCUT2D eigenvalue weighted by Crippen LogP contribution is -2.45. The molecule has 1 atom stereocenters. The third-order valence-electron chi connectivity index (χ3n) is 3.09. The summed E-state index contributed by atoms with van der Waals surface area (Å²) in [5.74, 6) is -1.27. The molecule has 1 aromatic carbocycles. The minimum absolute atomic E-state index is 0.132. The minimum atomic E-state index is -0.632. The van der Waals surface area contributed by atoms with Gasteiger partial charge in [0.05, 0.1) is 0 Å². The summed E-state index contributed by atoms with van der Waals surface area (Å²) in [6.45, 7) is 1.26. The summed E-state index contributed by atoms with van der Waals surface area (Å²) in [4.78, 5) is 24.9. The SMILES string of the molecule is NC(=O)[C@@H]1CCCN(Cc2ccccc2)C1=O. The van der Waals surface area contributed by atoms with Crippen LogP contribution in [0.2, 0.25) is 0 Å². The minimum Gasteiger partial charge on any atom is -0.369 e. The fourth-order valence-corrected chi connectivity index (χ4v) is 2.17. The maximum Gasteiger partial charge on any atom is 0.235 e. The number of likely N-dealkylation sites (tertiary alicyclic amines) is 1. The molecule has 2 amide bonds. The molecule has 1 saturated heterocycles. The van der Waals surface area contributed by atoms with Crippen LogP contribution in [0.5, 0.6) is 0 Å². The molecule has 0 aliphatic carbocycles. The lowest BCUT2D eigenvalue weighted by molar-refractivity contribution is -0.144. The third-order valence-corrected chi connectivity index (χ3v) is 3.09. The maximum atomic E-state index is 12.0. The van der Waals surface area contributed by atoms with Crippen molar-refractivity contribution in [1.29, 1.82) is 0 Å². The molecule has 2 rings (SSSR count). The smallest absolute Gasteiger partial charge is 0.235 e. The molecular weight excluding hydrogens is 216 g/mol. The Morgan fingerprint density at radius 2 is 2.06 bits per heavy atom. The molecule has 0 unspecified atom stereocenters. The van der Waals surface area contributed by atoms with E-state index in [0.29, 0.717) is 19.5 Å². The van der Waals surface area contributed by atoms with Crippen LogP contribution in [-0.2, 0) is 16.1 Å². The molecule has 17 heavy (non-hydrogen) atoms. The zero-order chi connectivity index (χ0) is 12.3. The Morgan fingerprint density at radius 3 is 2.71 bits per heavy atom. The van der Waals surface area contributed by atoms with Crippen molar-refractivity contribution in [2.45, 2.75) is 19.4 Å². The molecule has 0 bridgehead atoms. The molecule has 1 fully saturated rings. The topological polar surface area (TPSA) is 63.4 Å². The van der Waals surface area contributed by atoms with Gasteiger partial charge in [-0.15, -0.1) is 0 Å². The largest absolute Gasteiger partial charge is 0.369 e. The van der Waals surface area contributed by atoms with Gasteiger partial charge in [0.2, 0.25) is 11.8 Å². The number of rotatable bonds is 3. The van der Waals surface area contributed by atoms with E-state index < -0.39 is 11.8 Å². The van der Waals surface area contributed by atoms with Crippen molar-refractivity contribution in [2.75, 3.05) is 6.54 Å². The highest BCUT2D eigenvalue weighted by Gasteiger charge is 2.32. The van der Waals surface area contributed by atoms with E-state index in [0.717, 1.165) is 12.0 Å². The molecule has 1 aliphatic heterocycles. The first-order chi connectivity index (χ1) is 8.18. The van der Waals surface area contributed by atoms with Gasteiger partial charge in [-0.25, -0.2) is 0 Å². The average molecular weight is 232 g/mol. The van der Waals surface area contributed by atoms with Crippen molar-refractivity contribution in [3.63, 3.8) is 0 Å². The number of primary amides is 1. The molecule has 0 radical (unpaired) electrons. The Balaban J connectivity index is 2.06. The van der Waals surface area contributed by atoms with Gasteiger partial charge in [-0.1, -0.05) is 30.3 Å². The van der Waals surface area contributed by atoms with Crippen LogP contribution >= 0.6 is 0 Å². The number of carbonyl (C=O) groups is 2. The lowest BCUT2D eigenvalue weighted by atomic mass is 9.96. The second-order valence-electron chi connectivity index (χ2n) is 4.34. The van der Waals surface area contributed by atoms with Crippen LogP contribution in [0.1, 0.15) is 18.4 Å². The van der Waals surface area contributed by atoms with E-state index in [-0.39, 0.29) is 5.91 Å². The predicted octanol–water partition coefficient (Wildman–Crippen LogP) is 0.910. The second-order valence-corrected chi connectivity index (χ2v) is 4.34. The lowest BCUT2D eigenvalue weighted by Gasteiger charge is -2.30. The average Bonchev–Trinajstić information content (AvgIpc) is 2.33. The summed E-state index contributed by atoms with van der Waals surface area (Å²) in [6.07, 6.45) is 1.42. The van der Waals surface area contributed by atoms with Crippen LogP contribution in [-0.4, -0.2) is 23.3 Å². The van der Waals surface area contributed by atoms with Crippen LogP contribution in [0.25, 0.3) is 0 Å². The summed E-state index contributed by atoms with van der Waals surface area (Å²) >= 11 is 0. The highest BCUT2D eigenvalue weighted by Crippen LogP contribution is 2.19. The standard InChI is InChI=1S/C13H16N2O2/c14-12(16)11-7-4-8-15(13(11)17)9-10-5-2-1-3-6-10/h1-3,5-6,11H,4,7-9H2,(H2,14,16)/t11-/m0/s1. The van der Waals surface area contributed by atoms with Gasteiger partial charge < -0.3 is 10.6 Å². The van der Waals surface area contributed by atoms with Crippen molar-refractivity contribution in [1.82, 2.24) is 4.90 Å². The molecule has 0 aromatic heterocycles. The van der Waals surface area contributed by atoms with E-state index in [1.165, 1.54) is 0 Å². The van der Waals surface area contributed by atoms with Crippen molar-refractivity contribution >= 4 is 11.8 Å². The third kappa shape index (κ3) is 2.64. The number of hydrogen-bond donors (Lipinski definition) is 1. The van der Waals surface area contributed by atoms with Gasteiger partial charge in [-0.2, -0.15) is 0 Å². The van der Waals surface area contributed by atoms with Gasteiger partial charge in [0.25, 0.3) is 0 Å². The Kier molecular flexibility index (Phi) is 3.42. The van der Waals surface area contributed by atoms with Gasteiger partial charge in [0.15, 0.2) is 0 Å². The summed E-state index contributed by atoms with van der Waals surface area (Å²) in [5.41, 5.74) is 6.30. The predicted molar refractivity (Wildman–Crippen MR) is 63.8 cm³/mol. The van der Waals surface area contributed by atoms with Crippen molar-refractivity contribution in [3.05, 3.63) is 35.9 Å². The van der Waals surface area contributed by atoms with E-state index in [1.807, 2.05) is 30.3 Å². The molecule has 4 nitrogen and oxygen atoms in total. The first-order valence-corrected chi connectivity index (χ1v) is 5.80. The number of carbonyl (C=O) groups excluding carboxylic acids is 2. The monoisotopic (exact) mass is 232 g/mol. The molecule has 2 N–H and O–H groups in total. The van der Waals surface area contributed by atoms with Gasteiger partial charge in [0, 0.05) is 13.1 Å². The molecule has 0 spiro atoms. The highest BCUT2D eigenvalue weighted by molar-refractivity contribution is 5.99. The molecule has 4 heteroatoms. The quantitative estimate of drug-likeness (QED) is 0.787. The zero-order valence-corrected chi connectivity index (χ0v) is 9.63. The first kappa shape index (κ1) is 11.6. The van der Waals surface area contributed by atoms with Crippen LogP contribution < -0.4 is 5.73 Å². The van der Waals surface area contributed by atoms with E-state index in [4.69, 9.17) is 5.73 Å². The normalized spacial score (nSPS) is 20.4.